The van der Waals surface area contributed by atoms with Gasteiger partial charge in [-0.3, -0.25) is 14.5 Å². The van der Waals surface area contributed by atoms with Gasteiger partial charge >= 0.3 is 11.9 Å². The Morgan fingerprint density at radius 1 is 0.826 bits per heavy atom. The molecule has 0 spiro atoms. The van der Waals surface area contributed by atoms with E-state index in [9.17, 15) is 9.59 Å². The number of pyridine rings is 1. The van der Waals surface area contributed by atoms with Crippen molar-refractivity contribution in [3.8, 4) is 11.6 Å². The van der Waals surface area contributed by atoms with Crippen molar-refractivity contribution in [1.29, 1.82) is 0 Å². The van der Waals surface area contributed by atoms with Gasteiger partial charge in [-0.25, -0.2) is 4.98 Å². The molecule has 0 saturated carbocycles. The Morgan fingerprint density at radius 2 is 1.61 bits per heavy atom. The third-order valence-corrected chi connectivity index (χ3v) is 9.29. The molecule has 46 heavy (non-hydrogen) atoms. The molecule has 4 aromatic rings. The van der Waals surface area contributed by atoms with Crippen molar-refractivity contribution in [2.75, 3.05) is 51.0 Å². The van der Waals surface area contributed by atoms with Crippen molar-refractivity contribution in [1.82, 2.24) is 9.88 Å². The van der Waals surface area contributed by atoms with Crippen LogP contribution in [-0.2, 0) is 14.3 Å². The van der Waals surface area contributed by atoms with Gasteiger partial charge in [-0.1, -0.05) is 31.7 Å². The number of hydrogen-bond acceptors (Lipinski definition) is 9. The van der Waals surface area contributed by atoms with Gasteiger partial charge in [-0.15, -0.1) is 11.3 Å². The number of thiophene rings is 1. The average molecular weight is 648 g/mol. The molecule has 9 nitrogen and oxygen atoms in total. The van der Waals surface area contributed by atoms with Crippen molar-refractivity contribution in [2.24, 2.45) is 0 Å². The zero-order chi connectivity index (χ0) is 32.0. The molecule has 0 radical (unpaired) electrons. The smallest absolute Gasteiger partial charge is 0.308 e. The Bertz CT molecular complexity index is 1550. The average Bonchev–Trinajstić information content (AvgIpc) is 3.55. The van der Waals surface area contributed by atoms with Gasteiger partial charge in [0.2, 0.25) is 12.7 Å². The fraction of sp³-hybridized carbons (Fsp3) is 0.472. The first-order valence-corrected chi connectivity index (χ1v) is 17.4. The van der Waals surface area contributed by atoms with Crippen LogP contribution < -0.4 is 14.4 Å². The number of carboxylic acids is 1. The van der Waals surface area contributed by atoms with Gasteiger partial charge in [-0.05, 0) is 74.0 Å². The molecular formula is C36H45N3O6S. The number of carbonyl (C=O) groups is 2. The summed E-state index contributed by atoms with van der Waals surface area (Å²) in [5, 5.41) is 13.2. The molecule has 1 aliphatic rings. The van der Waals surface area contributed by atoms with Crippen LogP contribution in [0.25, 0.3) is 21.0 Å². The highest BCUT2D eigenvalue weighted by Gasteiger charge is 2.18. The summed E-state index contributed by atoms with van der Waals surface area (Å²) in [5.41, 5.74) is 2.13. The molecule has 5 rings (SSSR count). The van der Waals surface area contributed by atoms with Crippen molar-refractivity contribution < 1.29 is 28.9 Å². The molecule has 0 unspecified atom stereocenters. The minimum atomic E-state index is -0.746. The van der Waals surface area contributed by atoms with E-state index in [4.69, 9.17) is 19.3 Å². The standard InChI is InChI=1S/C36H45N3O6S/c40-35(41)12-5-3-1-2-4-6-13-36(42)45-27-44-34-17-15-28-14-16-29(26-31(28)37-34)43-24-8-7-19-38-20-22-39(23-21-38)32-10-9-11-33-30(32)18-25-46-33/h9-11,14-18,25-26H,1-8,12-13,19-24,27H2,(H,40,41). The highest BCUT2D eigenvalue weighted by molar-refractivity contribution is 7.17. The SMILES string of the molecule is O=C(O)CCCCCCCCC(=O)OCOc1ccc2ccc(OCCCCN3CCN(c4cccc5sccc45)CC3)cc2n1. The summed E-state index contributed by atoms with van der Waals surface area (Å²) in [7, 11) is 0. The third-order valence-electron chi connectivity index (χ3n) is 8.41. The summed E-state index contributed by atoms with van der Waals surface area (Å²) < 4.78 is 18.2. The van der Waals surface area contributed by atoms with E-state index in [1.807, 2.05) is 35.6 Å². The van der Waals surface area contributed by atoms with Gasteiger partial charge in [0.1, 0.15) is 5.75 Å². The first-order valence-electron chi connectivity index (χ1n) is 16.5. The molecule has 246 valence electrons. The van der Waals surface area contributed by atoms with Crippen LogP contribution in [-0.4, -0.2) is 73.1 Å². The van der Waals surface area contributed by atoms with Gasteiger partial charge in [0.25, 0.3) is 0 Å². The molecule has 1 fully saturated rings. The summed E-state index contributed by atoms with van der Waals surface area (Å²) >= 11 is 1.81. The second-order valence-corrected chi connectivity index (χ2v) is 12.7. The lowest BCUT2D eigenvalue weighted by molar-refractivity contribution is -0.150. The number of unbranched alkanes of at least 4 members (excludes halogenated alkanes) is 6. The molecule has 1 saturated heterocycles. The van der Waals surface area contributed by atoms with E-state index in [1.54, 1.807) is 6.07 Å². The van der Waals surface area contributed by atoms with Gasteiger partial charge < -0.3 is 24.2 Å². The second kappa shape index (κ2) is 17.7. The van der Waals surface area contributed by atoms with E-state index in [0.717, 1.165) is 94.3 Å². The zero-order valence-electron chi connectivity index (χ0n) is 26.5. The van der Waals surface area contributed by atoms with Gasteiger partial charge in [-0.2, -0.15) is 0 Å². The van der Waals surface area contributed by atoms with Crippen LogP contribution in [0.4, 0.5) is 5.69 Å². The Balaban J connectivity index is 0.941. The Labute approximate surface area is 275 Å². The molecule has 1 N–H and O–H groups in total. The van der Waals surface area contributed by atoms with E-state index in [1.165, 1.54) is 15.8 Å². The predicted molar refractivity (Wildman–Crippen MR) is 183 cm³/mol. The van der Waals surface area contributed by atoms with E-state index in [2.05, 4.69) is 44.4 Å². The van der Waals surface area contributed by atoms with Gasteiger partial charge in [0.05, 0.1) is 12.1 Å². The van der Waals surface area contributed by atoms with Crippen molar-refractivity contribution >= 4 is 50.0 Å². The zero-order valence-corrected chi connectivity index (χ0v) is 27.3. The number of aliphatic carboxylic acids is 1. The number of carboxylic acid groups (broad SMARTS) is 1. The number of ether oxygens (including phenoxy) is 3. The van der Waals surface area contributed by atoms with Crippen LogP contribution in [0.5, 0.6) is 11.6 Å². The maximum absolute atomic E-state index is 12.0. The summed E-state index contributed by atoms with van der Waals surface area (Å²) in [5.74, 6) is 0.132. The number of fused-ring (bicyclic) bond motifs is 2. The normalized spacial score (nSPS) is 13.7. The number of piperazine rings is 1. The van der Waals surface area contributed by atoms with Gasteiger partial charge in [0.15, 0.2) is 0 Å². The van der Waals surface area contributed by atoms with Crippen LogP contribution in [0.1, 0.15) is 64.2 Å². The minimum absolute atomic E-state index is 0.178. The number of carbonyl (C=O) groups excluding carboxylic acids is 1. The maximum atomic E-state index is 12.0. The monoisotopic (exact) mass is 647 g/mol. The first kappa shape index (κ1) is 33.5. The summed E-state index contributed by atoms with van der Waals surface area (Å²) in [4.78, 5) is 32.2. The number of benzene rings is 2. The summed E-state index contributed by atoms with van der Waals surface area (Å²) in [6.45, 7) is 5.85. The lowest BCUT2D eigenvalue weighted by atomic mass is 10.1. The van der Waals surface area contributed by atoms with E-state index in [-0.39, 0.29) is 19.2 Å². The molecule has 1 aliphatic heterocycles. The molecule has 2 aromatic heterocycles. The van der Waals surface area contributed by atoms with Crippen molar-refractivity contribution in [2.45, 2.75) is 64.2 Å². The topological polar surface area (TPSA) is 101 Å². The van der Waals surface area contributed by atoms with Crippen LogP contribution in [0.15, 0.2) is 60.0 Å². The Kier molecular flexibility index (Phi) is 12.9. The van der Waals surface area contributed by atoms with E-state index >= 15 is 0 Å². The summed E-state index contributed by atoms with van der Waals surface area (Å²) in [6.07, 6.45) is 7.91. The lowest BCUT2D eigenvalue weighted by Gasteiger charge is -2.36. The molecule has 10 heteroatoms. The quantitative estimate of drug-likeness (QED) is 0.0629. The number of nitrogens with zero attached hydrogens (tertiary/aromatic N) is 3. The summed E-state index contributed by atoms with van der Waals surface area (Å²) in [6, 6.07) is 18.4. The van der Waals surface area contributed by atoms with Crippen LogP contribution >= 0.6 is 11.3 Å². The van der Waals surface area contributed by atoms with Crippen LogP contribution in [0.2, 0.25) is 0 Å². The van der Waals surface area contributed by atoms with Crippen molar-refractivity contribution in [3.05, 3.63) is 60.0 Å². The lowest BCUT2D eigenvalue weighted by Crippen LogP contribution is -2.46. The molecule has 0 atom stereocenters. The molecular weight excluding hydrogens is 602 g/mol. The van der Waals surface area contributed by atoms with Crippen LogP contribution in [0.3, 0.4) is 0 Å². The number of rotatable bonds is 19. The molecule has 0 bridgehead atoms. The minimum Gasteiger partial charge on any atom is -0.494 e. The van der Waals surface area contributed by atoms with E-state index in [0.29, 0.717) is 25.3 Å². The Hall–Kier alpha value is -3.89. The number of esters is 1. The first-order chi connectivity index (χ1) is 22.5. The second-order valence-electron chi connectivity index (χ2n) is 11.8. The van der Waals surface area contributed by atoms with Crippen molar-refractivity contribution in [3.63, 3.8) is 0 Å². The highest BCUT2D eigenvalue weighted by atomic mass is 32.1. The molecule has 0 amide bonds. The fourth-order valence-electron chi connectivity index (χ4n) is 5.82. The predicted octanol–water partition coefficient (Wildman–Crippen LogP) is 7.52. The molecule has 0 aliphatic carbocycles. The Morgan fingerprint density at radius 3 is 2.43 bits per heavy atom. The number of hydrogen-bond donors (Lipinski definition) is 1. The number of aromatic nitrogens is 1. The van der Waals surface area contributed by atoms with Crippen LogP contribution in [0, 0.1) is 0 Å². The highest BCUT2D eigenvalue weighted by Crippen LogP contribution is 2.31. The van der Waals surface area contributed by atoms with E-state index < -0.39 is 5.97 Å². The molecule has 2 aromatic carbocycles. The largest absolute Gasteiger partial charge is 0.494 e. The van der Waals surface area contributed by atoms with Gasteiger partial charge in [0, 0.05) is 72.3 Å². The third kappa shape index (κ3) is 10.3. The molecule has 3 heterocycles. The maximum Gasteiger partial charge on any atom is 0.308 e. The fourth-order valence-corrected chi connectivity index (χ4v) is 6.63. The number of anilines is 1.